The zero-order valence-electron chi connectivity index (χ0n) is 12.2. The zero-order chi connectivity index (χ0) is 15.0. The first kappa shape index (κ1) is 15.1. The van der Waals surface area contributed by atoms with Crippen LogP contribution in [0.2, 0.25) is 10.0 Å². The molecular formula is C16H20Cl2N2O. The average Bonchev–Trinajstić information content (AvgIpc) is 3.10. The number of hydrogen-bond donors (Lipinski definition) is 1. The summed E-state index contributed by atoms with van der Waals surface area (Å²) in [5.41, 5.74) is 0.823. The Kier molecular flexibility index (Phi) is 4.17. The number of carbonyl (C=O) groups is 1. The van der Waals surface area contributed by atoms with Crippen LogP contribution in [0.4, 0.5) is 0 Å². The first-order chi connectivity index (χ1) is 10.0. The van der Waals surface area contributed by atoms with Gasteiger partial charge >= 0.3 is 0 Å². The number of benzene rings is 1. The molecule has 2 fully saturated rings. The van der Waals surface area contributed by atoms with Crippen LogP contribution in [0.15, 0.2) is 18.2 Å². The lowest BCUT2D eigenvalue weighted by Crippen LogP contribution is -2.43. The molecule has 1 aromatic rings. The van der Waals surface area contributed by atoms with Crippen LogP contribution in [0, 0.1) is 5.41 Å². The number of rotatable bonds is 2. The van der Waals surface area contributed by atoms with Crippen molar-refractivity contribution in [3.8, 4) is 0 Å². The zero-order valence-corrected chi connectivity index (χ0v) is 13.7. The Morgan fingerprint density at radius 3 is 2.86 bits per heavy atom. The van der Waals surface area contributed by atoms with Gasteiger partial charge in [0.1, 0.15) is 0 Å². The van der Waals surface area contributed by atoms with Crippen molar-refractivity contribution in [3.63, 3.8) is 0 Å². The summed E-state index contributed by atoms with van der Waals surface area (Å²) < 4.78 is 0. The molecular weight excluding hydrogens is 307 g/mol. The Labute approximate surface area is 135 Å². The van der Waals surface area contributed by atoms with Crippen molar-refractivity contribution in [2.24, 2.45) is 5.41 Å². The maximum Gasteiger partial charge on any atom is 0.230 e. The van der Waals surface area contributed by atoms with E-state index < -0.39 is 0 Å². The minimum atomic E-state index is -0.265. The third-order valence-electron chi connectivity index (χ3n) is 4.73. The fraction of sp³-hybridized carbons (Fsp3) is 0.562. The molecule has 3 rings (SSSR count). The summed E-state index contributed by atoms with van der Waals surface area (Å²) in [6, 6.07) is 5.83. The largest absolute Gasteiger partial charge is 0.335 e. The standard InChI is InChI=1S/C16H20Cl2N2O/c1-16(6-7-19-10-16)15(21)20-8-2-3-14(20)11-4-5-12(17)13(18)9-11/h4-5,9,14,19H,2-3,6-8,10H2,1H3. The number of halogens is 2. The van der Waals surface area contributed by atoms with Gasteiger partial charge in [0.15, 0.2) is 0 Å². The second kappa shape index (κ2) is 5.79. The molecule has 1 amide bonds. The third-order valence-corrected chi connectivity index (χ3v) is 5.47. The molecule has 0 aliphatic carbocycles. The van der Waals surface area contributed by atoms with Crippen LogP contribution in [0.3, 0.4) is 0 Å². The lowest BCUT2D eigenvalue weighted by molar-refractivity contribution is -0.141. The van der Waals surface area contributed by atoms with Crippen molar-refractivity contribution in [3.05, 3.63) is 33.8 Å². The Balaban J connectivity index is 1.85. The number of carbonyl (C=O) groups excluding carboxylic acids is 1. The molecule has 0 saturated carbocycles. The van der Waals surface area contributed by atoms with Gasteiger partial charge in [-0.2, -0.15) is 0 Å². The van der Waals surface area contributed by atoms with Crippen molar-refractivity contribution in [2.75, 3.05) is 19.6 Å². The van der Waals surface area contributed by atoms with Crippen LogP contribution >= 0.6 is 23.2 Å². The average molecular weight is 327 g/mol. The molecule has 3 nitrogen and oxygen atoms in total. The molecule has 1 N–H and O–H groups in total. The molecule has 2 unspecified atom stereocenters. The lowest BCUT2D eigenvalue weighted by Gasteiger charge is -2.33. The van der Waals surface area contributed by atoms with E-state index in [2.05, 4.69) is 12.2 Å². The minimum Gasteiger partial charge on any atom is -0.335 e. The van der Waals surface area contributed by atoms with Crippen molar-refractivity contribution in [1.29, 1.82) is 0 Å². The summed E-state index contributed by atoms with van der Waals surface area (Å²) in [7, 11) is 0. The fourth-order valence-electron chi connectivity index (χ4n) is 3.42. The quantitative estimate of drug-likeness (QED) is 0.899. The minimum absolute atomic E-state index is 0.129. The summed E-state index contributed by atoms with van der Waals surface area (Å²) in [6.45, 7) is 4.60. The van der Waals surface area contributed by atoms with Gasteiger partial charge in [-0.05, 0) is 50.4 Å². The first-order valence-electron chi connectivity index (χ1n) is 7.48. The van der Waals surface area contributed by atoms with Gasteiger partial charge in [-0.1, -0.05) is 29.3 Å². The number of nitrogens with one attached hydrogen (secondary N) is 1. The maximum absolute atomic E-state index is 12.9. The second-order valence-electron chi connectivity index (χ2n) is 6.32. The van der Waals surface area contributed by atoms with Crippen LogP contribution in [0.1, 0.15) is 37.8 Å². The second-order valence-corrected chi connectivity index (χ2v) is 7.13. The molecule has 2 aliphatic heterocycles. The Morgan fingerprint density at radius 2 is 2.19 bits per heavy atom. The maximum atomic E-state index is 12.9. The van der Waals surface area contributed by atoms with Crippen molar-refractivity contribution < 1.29 is 4.79 Å². The van der Waals surface area contributed by atoms with Crippen LogP contribution in [-0.4, -0.2) is 30.4 Å². The summed E-state index contributed by atoms with van der Waals surface area (Å²) in [4.78, 5) is 15.0. The molecule has 2 saturated heterocycles. The van der Waals surface area contributed by atoms with Crippen molar-refractivity contribution >= 4 is 29.1 Å². The van der Waals surface area contributed by atoms with E-state index in [4.69, 9.17) is 23.2 Å². The molecule has 1 aromatic carbocycles. The Hall–Kier alpha value is -0.770. The summed E-state index contributed by atoms with van der Waals surface area (Å²) in [5, 5.41) is 4.42. The first-order valence-corrected chi connectivity index (χ1v) is 8.24. The molecule has 0 bridgehead atoms. The molecule has 114 valence electrons. The van der Waals surface area contributed by atoms with E-state index in [-0.39, 0.29) is 17.4 Å². The van der Waals surface area contributed by atoms with Gasteiger partial charge < -0.3 is 10.2 Å². The third kappa shape index (κ3) is 2.79. The number of likely N-dealkylation sites (tertiary alicyclic amines) is 1. The highest BCUT2D eigenvalue weighted by molar-refractivity contribution is 6.42. The van der Waals surface area contributed by atoms with E-state index >= 15 is 0 Å². The Morgan fingerprint density at radius 1 is 1.38 bits per heavy atom. The van der Waals surface area contributed by atoms with Gasteiger partial charge in [0.25, 0.3) is 0 Å². The number of nitrogens with zero attached hydrogens (tertiary/aromatic N) is 1. The Bertz CT molecular complexity index is 555. The van der Waals surface area contributed by atoms with E-state index in [1.54, 1.807) is 0 Å². The smallest absolute Gasteiger partial charge is 0.230 e. The summed E-state index contributed by atoms with van der Waals surface area (Å²) >= 11 is 12.1. The summed E-state index contributed by atoms with van der Waals surface area (Å²) in [5.74, 6) is 0.265. The van der Waals surface area contributed by atoms with E-state index in [0.29, 0.717) is 10.0 Å². The monoisotopic (exact) mass is 326 g/mol. The topological polar surface area (TPSA) is 32.3 Å². The molecule has 0 spiro atoms. The molecule has 5 heteroatoms. The van der Waals surface area contributed by atoms with Gasteiger partial charge in [-0.25, -0.2) is 0 Å². The normalized spacial score (nSPS) is 29.1. The van der Waals surface area contributed by atoms with E-state index in [0.717, 1.165) is 44.5 Å². The van der Waals surface area contributed by atoms with E-state index in [1.165, 1.54) is 0 Å². The van der Waals surface area contributed by atoms with Crippen LogP contribution in [0.5, 0.6) is 0 Å². The lowest BCUT2D eigenvalue weighted by atomic mass is 9.87. The fourth-order valence-corrected chi connectivity index (χ4v) is 3.73. The van der Waals surface area contributed by atoms with E-state index in [1.807, 2.05) is 23.1 Å². The van der Waals surface area contributed by atoms with Gasteiger partial charge in [-0.15, -0.1) is 0 Å². The molecule has 2 heterocycles. The SMILES string of the molecule is CC1(C(=O)N2CCCC2c2ccc(Cl)c(Cl)c2)CCNC1. The van der Waals surface area contributed by atoms with Crippen molar-refractivity contribution in [2.45, 2.75) is 32.2 Å². The van der Waals surface area contributed by atoms with Crippen LogP contribution in [-0.2, 0) is 4.79 Å². The number of amides is 1. The predicted molar refractivity (Wildman–Crippen MR) is 85.7 cm³/mol. The van der Waals surface area contributed by atoms with Crippen molar-refractivity contribution in [1.82, 2.24) is 10.2 Å². The molecule has 2 atom stereocenters. The van der Waals surface area contributed by atoms with Crippen LogP contribution < -0.4 is 5.32 Å². The predicted octanol–water partition coefficient (Wildman–Crippen LogP) is 3.66. The molecule has 0 radical (unpaired) electrons. The van der Waals surface area contributed by atoms with Gasteiger partial charge in [0, 0.05) is 13.1 Å². The molecule has 0 aromatic heterocycles. The number of hydrogen-bond acceptors (Lipinski definition) is 2. The van der Waals surface area contributed by atoms with Crippen LogP contribution in [0.25, 0.3) is 0 Å². The highest BCUT2D eigenvalue weighted by Crippen LogP contribution is 2.38. The van der Waals surface area contributed by atoms with Gasteiger partial charge in [-0.3, -0.25) is 4.79 Å². The molecule has 21 heavy (non-hydrogen) atoms. The highest BCUT2D eigenvalue weighted by Gasteiger charge is 2.42. The van der Waals surface area contributed by atoms with Gasteiger partial charge in [0.05, 0.1) is 21.5 Å². The van der Waals surface area contributed by atoms with Gasteiger partial charge in [0.2, 0.25) is 5.91 Å². The summed E-state index contributed by atoms with van der Waals surface area (Å²) in [6.07, 6.45) is 2.95. The highest BCUT2D eigenvalue weighted by atomic mass is 35.5. The molecule has 2 aliphatic rings. The van der Waals surface area contributed by atoms with E-state index in [9.17, 15) is 4.79 Å².